The van der Waals surface area contributed by atoms with E-state index in [9.17, 15) is 4.39 Å². The predicted molar refractivity (Wildman–Crippen MR) is 80.2 cm³/mol. The van der Waals surface area contributed by atoms with E-state index in [1.54, 1.807) is 19.2 Å². The molecule has 2 aromatic carbocycles. The number of rotatable bonds is 5. The SMILES string of the molecule is COc1cc(F)c(C(Cl)c2ccccc2OC)cc1OC. The number of hydrogen-bond donors (Lipinski definition) is 0. The van der Waals surface area contributed by atoms with Gasteiger partial charge in [-0.05, 0) is 12.1 Å². The highest BCUT2D eigenvalue weighted by molar-refractivity contribution is 6.22. The molecular formula is C16H16ClFO3. The second kappa shape index (κ2) is 6.68. The Morgan fingerprint density at radius 3 is 2.05 bits per heavy atom. The third-order valence-electron chi connectivity index (χ3n) is 3.19. The molecule has 0 saturated heterocycles. The zero-order valence-electron chi connectivity index (χ0n) is 12.0. The van der Waals surface area contributed by atoms with Crippen LogP contribution in [-0.2, 0) is 0 Å². The molecular weight excluding hydrogens is 295 g/mol. The summed E-state index contributed by atoms with van der Waals surface area (Å²) in [5.41, 5.74) is 0.992. The largest absolute Gasteiger partial charge is 0.496 e. The summed E-state index contributed by atoms with van der Waals surface area (Å²) < 4.78 is 29.8. The smallest absolute Gasteiger partial charge is 0.163 e. The normalized spacial score (nSPS) is 11.9. The van der Waals surface area contributed by atoms with Crippen LogP contribution in [0.25, 0.3) is 0 Å². The van der Waals surface area contributed by atoms with Gasteiger partial charge >= 0.3 is 0 Å². The summed E-state index contributed by atoms with van der Waals surface area (Å²) in [7, 11) is 4.49. The van der Waals surface area contributed by atoms with Gasteiger partial charge in [0.25, 0.3) is 0 Å². The summed E-state index contributed by atoms with van der Waals surface area (Å²) in [6.45, 7) is 0. The third kappa shape index (κ3) is 3.05. The Morgan fingerprint density at radius 2 is 1.43 bits per heavy atom. The Hall–Kier alpha value is -1.94. The van der Waals surface area contributed by atoms with E-state index in [2.05, 4.69) is 0 Å². The fourth-order valence-corrected chi connectivity index (χ4v) is 2.45. The van der Waals surface area contributed by atoms with Gasteiger partial charge in [0.2, 0.25) is 0 Å². The van der Waals surface area contributed by atoms with Crippen LogP contribution in [0.5, 0.6) is 17.2 Å². The number of benzene rings is 2. The maximum absolute atomic E-state index is 14.3. The average Bonchev–Trinajstić information content (AvgIpc) is 2.53. The van der Waals surface area contributed by atoms with Crippen molar-refractivity contribution in [1.82, 2.24) is 0 Å². The van der Waals surface area contributed by atoms with E-state index in [0.29, 0.717) is 28.4 Å². The molecule has 2 rings (SSSR count). The minimum absolute atomic E-state index is 0.304. The van der Waals surface area contributed by atoms with Crippen molar-refractivity contribution < 1.29 is 18.6 Å². The third-order valence-corrected chi connectivity index (χ3v) is 3.66. The molecule has 5 heteroatoms. The molecule has 3 nitrogen and oxygen atoms in total. The minimum atomic E-state index is -0.694. The van der Waals surface area contributed by atoms with Gasteiger partial charge in [0.1, 0.15) is 11.6 Å². The number of para-hydroxylation sites is 1. The van der Waals surface area contributed by atoms with Crippen LogP contribution in [0.15, 0.2) is 36.4 Å². The molecule has 0 amide bonds. The standard InChI is InChI=1S/C16H16ClFO3/c1-19-13-7-5-4-6-10(13)16(17)11-8-14(20-2)15(21-3)9-12(11)18/h4-9,16H,1-3H3. The molecule has 0 aliphatic carbocycles. The number of ether oxygens (including phenoxy) is 3. The van der Waals surface area contributed by atoms with Crippen molar-refractivity contribution in [2.45, 2.75) is 5.38 Å². The van der Waals surface area contributed by atoms with Gasteiger partial charge in [-0.1, -0.05) is 18.2 Å². The molecule has 112 valence electrons. The monoisotopic (exact) mass is 310 g/mol. The fraction of sp³-hybridized carbons (Fsp3) is 0.250. The van der Waals surface area contributed by atoms with Crippen LogP contribution in [0.3, 0.4) is 0 Å². The maximum Gasteiger partial charge on any atom is 0.163 e. The van der Waals surface area contributed by atoms with Crippen LogP contribution in [-0.4, -0.2) is 21.3 Å². The molecule has 1 atom stereocenters. The van der Waals surface area contributed by atoms with Crippen molar-refractivity contribution >= 4 is 11.6 Å². The van der Waals surface area contributed by atoms with E-state index < -0.39 is 11.2 Å². The van der Waals surface area contributed by atoms with Crippen molar-refractivity contribution in [1.29, 1.82) is 0 Å². The Bertz CT molecular complexity index is 631. The number of hydrogen-bond acceptors (Lipinski definition) is 3. The number of alkyl halides is 1. The predicted octanol–water partition coefficient (Wildman–Crippen LogP) is 4.18. The first-order valence-electron chi connectivity index (χ1n) is 6.30. The van der Waals surface area contributed by atoms with Gasteiger partial charge in [-0.15, -0.1) is 11.6 Å². The zero-order valence-corrected chi connectivity index (χ0v) is 12.8. The van der Waals surface area contributed by atoms with Crippen LogP contribution >= 0.6 is 11.6 Å². The molecule has 0 aliphatic rings. The zero-order chi connectivity index (χ0) is 15.4. The highest BCUT2D eigenvalue weighted by Crippen LogP contribution is 2.40. The first kappa shape index (κ1) is 15.4. The summed E-state index contributed by atoms with van der Waals surface area (Å²) >= 11 is 6.43. The second-order valence-corrected chi connectivity index (χ2v) is 4.77. The summed E-state index contributed by atoms with van der Waals surface area (Å²) in [4.78, 5) is 0. The number of halogens is 2. The van der Waals surface area contributed by atoms with E-state index in [0.717, 1.165) is 0 Å². The van der Waals surface area contributed by atoms with Gasteiger partial charge in [0.15, 0.2) is 11.5 Å². The van der Waals surface area contributed by atoms with Crippen LogP contribution in [0.4, 0.5) is 4.39 Å². The van der Waals surface area contributed by atoms with E-state index in [1.165, 1.54) is 26.4 Å². The first-order chi connectivity index (χ1) is 10.1. The summed E-state index contributed by atoms with van der Waals surface area (Å²) in [6, 6.07) is 10.0. The Balaban J connectivity index is 2.50. The molecule has 0 radical (unpaired) electrons. The fourth-order valence-electron chi connectivity index (χ4n) is 2.11. The molecule has 0 fully saturated rings. The molecule has 1 unspecified atom stereocenters. The lowest BCUT2D eigenvalue weighted by atomic mass is 10.0. The highest BCUT2D eigenvalue weighted by Gasteiger charge is 2.21. The van der Waals surface area contributed by atoms with Gasteiger partial charge in [-0.3, -0.25) is 0 Å². The van der Waals surface area contributed by atoms with Gasteiger partial charge in [0, 0.05) is 17.2 Å². The van der Waals surface area contributed by atoms with Gasteiger partial charge < -0.3 is 14.2 Å². The Morgan fingerprint density at radius 1 is 0.857 bits per heavy atom. The van der Waals surface area contributed by atoms with Gasteiger partial charge in [-0.2, -0.15) is 0 Å². The summed E-state index contributed by atoms with van der Waals surface area (Å²) in [5, 5.41) is -0.694. The van der Waals surface area contributed by atoms with Gasteiger partial charge in [-0.25, -0.2) is 4.39 Å². The van der Waals surface area contributed by atoms with E-state index in [4.69, 9.17) is 25.8 Å². The molecule has 0 heterocycles. The van der Waals surface area contributed by atoms with Crippen molar-refractivity contribution in [2.24, 2.45) is 0 Å². The van der Waals surface area contributed by atoms with Crippen molar-refractivity contribution in [3.05, 3.63) is 53.3 Å². The van der Waals surface area contributed by atoms with E-state index >= 15 is 0 Å². The molecule has 2 aromatic rings. The first-order valence-corrected chi connectivity index (χ1v) is 6.74. The van der Waals surface area contributed by atoms with Gasteiger partial charge in [0.05, 0.1) is 26.7 Å². The Kier molecular flexibility index (Phi) is 4.91. The lowest BCUT2D eigenvalue weighted by Crippen LogP contribution is -2.02. The molecule has 0 saturated carbocycles. The van der Waals surface area contributed by atoms with Crippen LogP contribution in [0.1, 0.15) is 16.5 Å². The van der Waals surface area contributed by atoms with E-state index in [1.807, 2.05) is 12.1 Å². The molecule has 0 aliphatic heterocycles. The van der Waals surface area contributed by atoms with Crippen LogP contribution < -0.4 is 14.2 Å². The van der Waals surface area contributed by atoms with Crippen LogP contribution in [0, 0.1) is 5.82 Å². The van der Waals surface area contributed by atoms with Crippen molar-refractivity contribution in [2.75, 3.05) is 21.3 Å². The number of methoxy groups -OCH3 is 3. The maximum atomic E-state index is 14.3. The van der Waals surface area contributed by atoms with Crippen molar-refractivity contribution in [3.63, 3.8) is 0 Å². The lowest BCUT2D eigenvalue weighted by molar-refractivity contribution is 0.351. The summed E-state index contributed by atoms with van der Waals surface area (Å²) in [5.74, 6) is 0.891. The molecule has 0 N–H and O–H groups in total. The quantitative estimate of drug-likeness (QED) is 0.775. The molecule has 0 bridgehead atoms. The molecule has 0 spiro atoms. The average molecular weight is 311 g/mol. The second-order valence-electron chi connectivity index (χ2n) is 4.33. The highest BCUT2D eigenvalue weighted by atomic mass is 35.5. The van der Waals surface area contributed by atoms with Crippen molar-refractivity contribution in [3.8, 4) is 17.2 Å². The molecule has 0 aromatic heterocycles. The Labute approximate surface area is 128 Å². The lowest BCUT2D eigenvalue weighted by Gasteiger charge is -2.17. The molecule has 21 heavy (non-hydrogen) atoms. The minimum Gasteiger partial charge on any atom is -0.496 e. The topological polar surface area (TPSA) is 27.7 Å². The van der Waals surface area contributed by atoms with Crippen LogP contribution in [0.2, 0.25) is 0 Å². The summed E-state index contributed by atoms with van der Waals surface area (Å²) in [6.07, 6.45) is 0. The van der Waals surface area contributed by atoms with E-state index in [-0.39, 0.29) is 0 Å².